The lowest BCUT2D eigenvalue weighted by atomic mass is 9.81. The summed E-state index contributed by atoms with van der Waals surface area (Å²) in [6.07, 6.45) is 46.1. The van der Waals surface area contributed by atoms with Crippen molar-refractivity contribution in [2.45, 2.75) is 285 Å². The molecule has 10 nitrogen and oxygen atoms in total. The highest BCUT2D eigenvalue weighted by atomic mass is 32.1. The van der Waals surface area contributed by atoms with Crippen molar-refractivity contribution in [1.29, 1.82) is 10.5 Å². The highest BCUT2D eigenvalue weighted by Crippen LogP contribution is 2.56. The molecule has 0 fully saturated rings. The number of carbonyl (C=O) groups excluding carboxylic acids is 4. The van der Waals surface area contributed by atoms with Gasteiger partial charge >= 0.3 is 0 Å². The molecule has 4 aromatic rings. The topological polar surface area (TPSA) is 131 Å². The van der Waals surface area contributed by atoms with E-state index in [1.54, 1.807) is 0 Å². The SMILES string of the molecule is [C-]#[N+]c1sc2c3c4c(c5c(C#N)c(C#N)sc5c5c4c(c2c1[N+]#[C-])C(=O)N(CC(CCCCCCCCCC)CCCCCCCCCCCC)C5=O)C(=O)N(CC(CCCCCCCCCC)CCCCCCCCCCCC)C3=O. The van der Waals surface area contributed by atoms with Gasteiger partial charge in [0.15, 0.2) is 0 Å². The van der Waals surface area contributed by atoms with E-state index in [9.17, 15) is 10.5 Å². The maximum atomic E-state index is 15.7. The molecule has 82 heavy (non-hydrogen) atoms. The van der Waals surface area contributed by atoms with Crippen LogP contribution in [-0.4, -0.2) is 46.5 Å². The van der Waals surface area contributed by atoms with Crippen LogP contribution in [0.15, 0.2) is 0 Å². The number of imide groups is 2. The molecule has 0 saturated carbocycles. The Bertz CT molecular complexity index is 2730. The molecule has 0 aliphatic carbocycles. The summed E-state index contributed by atoms with van der Waals surface area (Å²) >= 11 is 1.97. The Morgan fingerprint density at radius 1 is 0.390 bits per heavy atom. The molecule has 6 rings (SSSR count). The van der Waals surface area contributed by atoms with Crippen molar-refractivity contribution < 1.29 is 19.2 Å². The standard InChI is InChI=1S/C70H98N6O4S2/c1-7-11-15-19-23-27-29-33-37-41-44-51(43-39-35-31-25-21-17-13-9-3)49-75-67(77)58-55-53(47-71)54(48-72)81-64(55)61-57-56(58)62(70(75)80)65-60(63(73-5)66(74-6)82-65)59(57)68(78)76(69(61)79)50-52(45-40-36-32-26-22-18-14-10-4)46-42-38-34-30-28-24-20-16-12-8-2/h51-52H,7-46,49-50H2,1-4H3. The number of benzene rings is 2. The van der Waals surface area contributed by atoms with Gasteiger partial charge < -0.3 is 0 Å². The van der Waals surface area contributed by atoms with E-state index >= 15 is 19.2 Å². The molecule has 4 heterocycles. The van der Waals surface area contributed by atoms with Crippen LogP contribution in [0, 0.1) is 47.6 Å². The largest absolute Gasteiger partial charge is 0.274 e. The average Bonchev–Trinajstić information content (AvgIpc) is 1.32. The highest BCUT2D eigenvalue weighted by molar-refractivity contribution is 7.24. The van der Waals surface area contributed by atoms with Crippen molar-refractivity contribution in [3.05, 3.63) is 55.5 Å². The predicted molar refractivity (Wildman–Crippen MR) is 342 cm³/mol. The van der Waals surface area contributed by atoms with Crippen LogP contribution in [0.3, 0.4) is 0 Å². The summed E-state index contributed by atoms with van der Waals surface area (Å²) < 4.78 is 0.549. The Morgan fingerprint density at radius 2 is 0.695 bits per heavy atom. The lowest BCUT2D eigenvalue weighted by Crippen LogP contribution is -2.46. The van der Waals surface area contributed by atoms with Gasteiger partial charge in [-0.2, -0.15) is 21.9 Å². The number of unbranched alkanes of at least 4 members (excludes halogenated alkanes) is 32. The number of hydrogen-bond donors (Lipinski definition) is 0. The van der Waals surface area contributed by atoms with Crippen LogP contribution in [0.2, 0.25) is 0 Å². The number of carbonyl (C=O) groups is 4. The van der Waals surface area contributed by atoms with E-state index in [-0.39, 0.29) is 99.3 Å². The molecular weight excluding hydrogens is 1050 g/mol. The zero-order valence-electron chi connectivity index (χ0n) is 51.0. The van der Waals surface area contributed by atoms with Crippen LogP contribution >= 0.6 is 22.7 Å². The maximum absolute atomic E-state index is 15.7. The van der Waals surface area contributed by atoms with Crippen LogP contribution in [0.4, 0.5) is 10.7 Å². The number of rotatable bonds is 44. The van der Waals surface area contributed by atoms with Gasteiger partial charge in [-0.15, -0.1) is 11.3 Å². The maximum Gasteiger partial charge on any atom is 0.262 e. The summed E-state index contributed by atoms with van der Waals surface area (Å²) in [5.41, 5.74) is 0.235. The summed E-state index contributed by atoms with van der Waals surface area (Å²) in [6, 6.07) is 4.44. The zero-order chi connectivity index (χ0) is 58.6. The van der Waals surface area contributed by atoms with Gasteiger partial charge in [0.2, 0.25) is 10.7 Å². The third-order valence-electron chi connectivity index (χ3n) is 18.0. The number of thiophene rings is 2. The fourth-order valence-corrected chi connectivity index (χ4v) is 15.5. The molecule has 0 bridgehead atoms. The second-order valence-corrected chi connectivity index (χ2v) is 26.3. The third kappa shape index (κ3) is 17.0. The monoisotopic (exact) mass is 1150 g/mol. The van der Waals surface area contributed by atoms with Crippen molar-refractivity contribution in [3.8, 4) is 12.1 Å². The predicted octanol–water partition coefficient (Wildman–Crippen LogP) is 22.2. The summed E-state index contributed by atoms with van der Waals surface area (Å²) in [4.78, 5) is 73.1. The zero-order valence-corrected chi connectivity index (χ0v) is 52.6. The van der Waals surface area contributed by atoms with Crippen LogP contribution in [-0.2, 0) is 0 Å². The first-order chi connectivity index (χ1) is 40.2. The number of hydrogen-bond acceptors (Lipinski definition) is 8. The molecule has 2 atom stereocenters. The minimum Gasteiger partial charge on any atom is -0.274 e. The van der Waals surface area contributed by atoms with Crippen molar-refractivity contribution in [2.75, 3.05) is 13.1 Å². The van der Waals surface area contributed by atoms with E-state index in [4.69, 9.17) is 13.1 Å². The molecular formula is C70H98N6O4S2. The second-order valence-electron chi connectivity index (χ2n) is 24.3. The normalized spacial score (nSPS) is 13.9. The second kappa shape index (κ2) is 35.9. The molecule has 4 amide bonds. The molecule has 2 aromatic heterocycles. The molecule has 0 spiro atoms. The summed E-state index contributed by atoms with van der Waals surface area (Å²) in [5.74, 6) is -2.33. The first kappa shape index (κ1) is 66.0. The van der Waals surface area contributed by atoms with E-state index < -0.39 is 23.6 Å². The van der Waals surface area contributed by atoms with Gasteiger partial charge in [0.05, 0.1) is 40.1 Å². The molecule has 444 valence electrons. The van der Waals surface area contributed by atoms with Gasteiger partial charge in [0.25, 0.3) is 23.6 Å². The van der Waals surface area contributed by atoms with Crippen LogP contribution in [0.5, 0.6) is 0 Å². The summed E-state index contributed by atoms with van der Waals surface area (Å²) in [5, 5.41) is 22.2. The third-order valence-corrected chi connectivity index (χ3v) is 20.2. The number of fused-ring (bicyclic) bond motifs is 6. The molecule has 2 aromatic carbocycles. The Labute approximate surface area is 501 Å². The lowest BCUT2D eigenvalue weighted by molar-refractivity contribution is 0.0560. The molecule has 0 saturated heterocycles. The van der Waals surface area contributed by atoms with Crippen molar-refractivity contribution in [2.24, 2.45) is 11.8 Å². The average molecular weight is 1150 g/mol. The van der Waals surface area contributed by atoms with Gasteiger partial charge in [-0.1, -0.05) is 259 Å². The van der Waals surface area contributed by atoms with Crippen molar-refractivity contribution in [3.63, 3.8) is 0 Å². The van der Waals surface area contributed by atoms with E-state index in [2.05, 4.69) is 49.5 Å². The van der Waals surface area contributed by atoms with Gasteiger partial charge in [-0.25, -0.2) is 9.69 Å². The molecule has 0 N–H and O–H groups in total. The fourth-order valence-electron chi connectivity index (χ4n) is 13.3. The van der Waals surface area contributed by atoms with Crippen LogP contribution < -0.4 is 0 Å². The Morgan fingerprint density at radius 3 is 1.00 bits per heavy atom. The number of amides is 4. The summed E-state index contributed by atoms with van der Waals surface area (Å²) in [7, 11) is 0. The van der Waals surface area contributed by atoms with E-state index in [0.717, 1.165) is 125 Å². The Kier molecular flexibility index (Phi) is 28.9. The van der Waals surface area contributed by atoms with Crippen molar-refractivity contribution in [1.82, 2.24) is 9.80 Å². The van der Waals surface area contributed by atoms with Gasteiger partial charge in [0, 0.05) is 44.9 Å². The first-order valence-corrected chi connectivity index (χ1v) is 34.7. The fraction of sp³-hybridized carbons (Fsp3) is 0.686. The van der Waals surface area contributed by atoms with Gasteiger partial charge in [-0.3, -0.25) is 29.0 Å². The first-order valence-electron chi connectivity index (χ1n) is 33.0. The minimum absolute atomic E-state index is 0.00628. The Balaban J connectivity index is 1.38. The molecule has 2 aliphatic heterocycles. The molecule has 0 radical (unpaired) electrons. The van der Waals surface area contributed by atoms with E-state index in [0.29, 0.717) is 0 Å². The molecule has 2 unspecified atom stereocenters. The number of nitrogens with zero attached hydrogens (tertiary/aromatic N) is 6. The van der Waals surface area contributed by atoms with Gasteiger partial charge in [0.1, 0.15) is 17.0 Å². The van der Waals surface area contributed by atoms with Crippen LogP contribution in [0.1, 0.15) is 336 Å². The van der Waals surface area contributed by atoms with Crippen molar-refractivity contribution >= 4 is 87.9 Å². The molecule has 2 aliphatic rings. The highest BCUT2D eigenvalue weighted by Gasteiger charge is 2.47. The smallest absolute Gasteiger partial charge is 0.262 e. The van der Waals surface area contributed by atoms with Crippen LogP contribution in [0.25, 0.3) is 40.6 Å². The van der Waals surface area contributed by atoms with Gasteiger partial charge in [-0.05, 0) is 37.5 Å². The van der Waals surface area contributed by atoms with E-state index in [1.807, 2.05) is 0 Å². The molecule has 12 heteroatoms. The quantitative estimate of drug-likeness (QED) is 0.0246. The Hall–Kier alpha value is -5.14. The lowest BCUT2D eigenvalue weighted by Gasteiger charge is -2.35. The number of nitriles is 2. The summed E-state index contributed by atoms with van der Waals surface area (Å²) in [6.45, 7) is 26.1. The minimum atomic E-state index is -0.598. The van der Waals surface area contributed by atoms with E-state index in [1.165, 1.54) is 164 Å².